The Labute approximate surface area is 131 Å². The Bertz CT molecular complexity index is 852. The van der Waals surface area contributed by atoms with Gasteiger partial charge >= 0.3 is 5.97 Å². The first-order valence-electron chi connectivity index (χ1n) is 6.02. The van der Waals surface area contributed by atoms with Crippen molar-refractivity contribution in [1.29, 1.82) is 0 Å². The van der Waals surface area contributed by atoms with Crippen LogP contribution in [0.2, 0.25) is 5.02 Å². The number of carboxylic acid groups (broad SMARTS) is 1. The summed E-state index contributed by atoms with van der Waals surface area (Å²) in [5.41, 5.74) is 0.161. The highest BCUT2D eigenvalue weighted by atomic mass is 35.5. The van der Waals surface area contributed by atoms with Gasteiger partial charge in [0.2, 0.25) is 0 Å². The third-order valence-electron chi connectivity index (χ3n) is 2.89. The van der Waals surface area contributed by atoms with Gasteiger partial charge in [-0.05, 0) is 42.8 Å². The largest absolute Gasteiger partial charge is 0.478 e. The second-order valence-corrected chi connectivity index (χ2v) is 6.58. The minimum atomic E-state index is -4.14. The monoisotopic (exact) mass is 343 g/mol. The van der Waals surface area contributed by atoms with Crippen molar-refractivity contribution in [2.24, 2.45) is 0 Å². The summed E-state index contributed by atoms with van der Waals surface area (Å²) in [5.74, 6) is -1.85. The van der Waals surface area contributed by atoms with Crippen LogP contribution in [0.15, 0.2) is 41.3 Å². The van der Waals surface area contributed by atoms with Crippen molar-refractivity contribution in [3.63, 3.8) is 0 Å². The van der Waals surface area contributed by atoms with Gasteiger partial charge in [0.25, 0.3) is 10.0 Å². The molecule has 0 spiro atoms. The van der Waals surface area contributed by atoms with E-state index >= 15 is 0 Å². The highest BCUT2D eigenvalue weighted by molar-refractivity contribution is 7.92. The highest BCUT2D eigenvalue weighted by Crippen LogP contribution is 2.25. The lowest BCUT2D eigenvalue weighted by Gasteiger charge is -2.11. The molecule has 0 aliphatic carbocycles. The van der Waals surface area contributed by atoms with Crippen molar-refractivity contribution in [2.45, 2.75) is 11.8 Å². The molecule has 0 unspecified atom stereocenters. The van der Waals surface area contributed by atoms with Crippen LogP contribution in [0.4, 0.5) is 10.1 Å². The van der Waals surface area contributed by atoms with Gasteiger partial charge in [-0.15, -0.1) is 0 Å². The third kappa shape index (κ3) is 3.37. The van der Waals surface area contributed by atoms with Gasteiger partial charge in [-0.3, -0.25) is 4.72 Å². The number of aromatic carboxylic acids is 1. The number of rotatable bonds is 4. The van der Waals surface area contributed by atoms with Crippen molar-refractivity contribution in [2.75, 3.05) is 4.72 Å². The molecule has 0 aromatic heterocycles. The predicted octanol–water partition coefficient (Wildman–Crippen LogP) is 3.29. The van der Waals surface area contributed by atoms with Crippen LogP contribution >= 0.6 is 11.6 Å². The molecule has 0 aliphatic heterocycles. The lowest BCUT2D eigenvalue weighted by Crippen LogP contribution is -2.14. The Morgan fingerprint density at radius 3 is 2.50 bits per heavy atom. The topological polar surface area (TPSA) is 83.5 Å². The molecule has 2 rings (SSSR count). The molecule has 0 saturated heterocycles. The minimum absolute atomic E-state index is 0.0138. The van der Waals surface area contributed by atoms with Gasteiger partial charge in [0.15, 0.2) is 0 Å². The molecular formula is C14H11ClFNO4S. The molecule has 22 heavy (non-hydrogen) atoms. The summed E-state index contributed by atoms with van der Waals surface area (Å²) < 4.78 is 40.2. The zero-order valence-electron chi connectivity index (χ0n) is 11.3. The first-order chi connectivity index (χ1) is 10.2. The predicted molar refractivity (Wildman–Crippen MR) is 80.4 cm³/mol. The van der Waals surface area contributed by atoms with Crippen molar-refractivity contribution < 1.29 is 22.7 Å². The maximum Gasteiger partial charge on any atom is 0.335 e. The summed E-state index contributed by atoms with van der Waals surface area (Å²) >= 11 is 5.82. The lowest BCUT2D eigenvalue weighted by molar-refractivity contribution is 0.0696. The molecule has 0 amide bonds. The SMILES string of the molecule is Cc1ccc(NS(=O)(=O)c2cc(C(=O)O)ccc2Cl)cc1F. The fraction of sp³-hybridized carbons (Fsp3) is 0.0714. The number of anilines is 1. The quantitative estimate of drug-likeness (QED) is 0.892. The van der Waals surface area contributed by atoms with Gasteiger partial charge in [0.05, 0.1) is 16.3 Å². The molecule has 116 valence electrons. The molecule has 0 aliphatic rings. The molecule has 2 aromatic rings. The van der Waals surface area contributed by atoms with Crippen LogP contribution in [0.5, 0.6) is 0 Å². The van der Waals surface area contributed by atoms with Crippen LogP contribution in [0.25, 0.3) is 0 Å². The number of carboxylic acids is 1. The zero-order valence-corrected chi connectivity index (χ0v) is 12.9. The fourth-order valence-electron chi connectivity index (χ4n) is 1.71. The molecule has 5 nitrogen and oxygen atoms in total. The molecule has 0 bridgehead atoms. The van der Waals surface area contributed by atoms with Gasteiger partial charge < -0.3 is 5.11 Å². The first-order valence-corrected chi connectivity index (χ1v) is 7.88. The first kappa shape index (κ1) is 16.3. The highest BCUT2D eigenvalue weighted by Gasteiger charge is 2.20. The maximum atomic E-state index is 13.5. The molecule has 2 aromatic carbocycles. The number of sulfonamides is 1. The van der Waals surface area contributed by atoms with Gasteiger partial charge in [0, 0.05) is 0 Å². The van der Waals surface area contributed by atoms with E-state index < -0.39 is 26.7 Å². The van der Waals surface area contributed by atoms with Crippen LogP contribution in [0.3, 0.4) is 0 Å². The summed E-state index contributed by atoms with van der Waals surface area (Å²) in [6.45, 7) is 1.54. The van der Waals surface area contributed by atoms with E-state index in [1.165, 1.54) is 24.3 Å². The van der Waals surface area contributed by atoms with Crippen LogP contribution in [0.1, 0.15) is 15.9 Å². The average Bonchev–Trinajstić information content (AvgIpc) is 2.42. The van der Waals surface area contributed by atoms with Crippen molar-refractivity contribution in [3.05, 3.63) is 58.4 Å². The number of hydrogen-bond donors (Lipinski definition) is 2. The standard InChI is InChI=1S/C14H11ClFNO4S/c1-8-2-4-10(7-12(8)16)17-22(20,21)13-6-9(14(18)19)3-5-11(13)15/h2-7,17H,1H3,(H,18,19). The van der Waals surface area contributed by atoms with E-state index in [1.807, 2.05) is 0 Å². The molecular weight excluding hydrogens is 333 g/mol. The number of hydrogen-bond acceptors (Lipinski definition) is 3. The van der Waals surface area contributed by atoms with Crippen molar-refractivity contribution in [3.8, 4) is 0 Å². The van der Waals surface area contributed by atoms with Crippen LogP contribution in [-0.4, -0.2) is 19.5 Å². The Kier molecular flexibility index (Phi) is 4.39. The Morgan fingerprint density at radius 2 is 1.91 bits per heavy atom. The zero-order chi connectivity index (χ0) is 16.5. The molecule has 0 heterocycles. The maximum absolute atomic E-state index is 13.5. The van der Waals surface area contributed by atoms with E-state index in [0.717, 1.165) is 12.1 Å². The normalized spacial score (nSPS) is 11.2. The minimum Gasteiger partial charge on any atom is -0.478 e. The third-order valence-corrected chi connectivity index (χ3v) is 4.75. The van der Waals surface area contributed by atoms with Crippen LogP contribution in [-0.2, 0) is 10.0 Å². The van der Waals surface area contributed by atoms with E-state index in [2.05, 4.69) is 4.72 Å². The second-order valence-electron chi connectivity index (χ2n) is 4.52. The summed E-state index contributed by atoms with van der Waals surface area (Å²) in [4.78, 5) is 10.5. The average molecular weight is 344 g/mol. The molecule has 0 atom stereocenters. The number of carbonyl (C=O) groups is 1. The Balaban J connectivity index is 2.44. The second kappa shape index (κ2) is 5.94. The molecule has 0 radical (unpaired) electrons. The number of aryl methyl sites for hydroxylation is 1. The van der Waals surface area contributed by atoms with E-state index in [-0.39, 0.29) is 16.3 Å². The lowest BCUT2D eigenvalue weighted by atomic mass is 10.2. The van der Waals surface area contributed by atoms with Gasteiger partial charge in [0.1, 0.15) is 10.7 Å². The van der Waals surface area contributed by atoms with E-state index in [4.69, 9.17) is 16.7 Å². The van der Waals surface area contributed by atoms with Gasteiger partial charge in [-0.2, -0.15) is 0 Å². The van der Waals surface area contributed by atoms with Gasteiger partial charge in [-0.1, -0.05) is 17.7 Å². The van der Waals surface area contributed by atoms with E-state index in [0.29, 0.717) is 5.56 Å². The van der Waals surface area contributed by atoms with Crippen molar-refractivity contribution >= 4 is 33.3 Å². The smallest absolute Gasteiger partial charge is 0.335 e. The summed E-state index contributed by atoms with van der Waals surface area (Å²) in [6.07, 6.45) is 0. The van der Waals surface area contributed by atoms with E-state index in [9.17, 15) is 17.6 Å². The fourth-order valence-corrected chi connectivity index (χ4v) is 3.29. The Morgan fingerprint density at radius 1 is 1.23 bits per heavy atom. The van der Waals surface area contributed by atoms with Crippen LogP contribution < -0.4 is 4.72 Å². The van der Waals surface area contributed by atoms with Crippen LogP contribution in [0, 0.1) is 12.7 Å². The summed E-state index contributed by atoms with van der Waals surface area (Å²) in [7, 11) is -4.14. The summed E-state index contributed by atoms with van der Waals surface area (Å²) in [5, 5.41) is 8.78. The number of halogens is 2. The van der Waals surface area contributed by atoms with E-state index in [1.54, 1.807) is 6.92 Å². The molecule has 8 heteroatoms. The number of benzene rings is 2. The molecule has 0 fully saturated rings. The summed E-state index contributed by atoms with van der Waals surface area (Å²) in [6, 6.07) is 7.15. The molecule has 2 N–H and O–H groups in total. The van der Waals surface area contributed by atoms with Gasteiger partial charge in [-0.25, -0.2) is 17.6 Å². The number of nitrogens with one attached hydrogen (secondary N) is 1. The Hall–Kier alpha value is -2.12. The van der Waals surface area contributed by atoms with Crippen molar-refractivity contribution in [1.82, 2.24) is 0 Å². The molecule has 0 saturated carbocycles.